The molecule has 0 aliphatic rings. The van der Waals surface area contributed by atoms with Crippen LogP contribution >= 0.6 is 23.2 Å². The molecule has 0 radical (unpaired) electrons. The van der Waals surface area contributed by atoms with E-state index in [1.807, 2.05) is 6.07 Å². The zero-order valence-corrected chi connectivity index (χ0v) is 14.6. The lowest BCUT2D eigenvalue weighted by atomic mass is 10.1. The van der Waals surface area contributed by atoms with E-state index in [1.54, 1.807) is 36.4 Å². The molecule has 0 saturated heterocycles. The summed E-state index contributed by atoms with van der Waals surface area (Å²) in [6, 6.07) is 12.1. The summed E-state index contributed by atoms with van der Waals surface area (Å²) in [6.45, 7) is 4.83. The maximum absolute atomic E-state index is 12.5. The molecule has 5 heteroatoms. The molecule has 0 fully saturated rings. The Morgan fingerprint density at radius 1 is 1.17 bits per heavy atom. The van der Waals surface area contributed by atoms with Gasteiger partial charge in [-0.05, 0) is 42.7 Å². The second-order valence-electron chi connectivity index (χ2n) is 5.61. The first-order chi connectivity index (χ1) is 11.0. The molecule has 0 atom stereocenters. The summed E-state index contributed by atoms with van der Waals surface area (Å²) in [5.74, 6) is 0.842. The van der Waals surface area contributed by atoms with Crippen LogP contribution in [0.5, 0.6) is 5.75 Å². The molecule has 0 heterocycles. The molecule has 1 amide bonds. The smallest absolute Gasteiger partial charge is 0.259 e. The van der Waals surface area contributed by atoms with Crippen molar-refractivity contribution in [3.8, 4) is 5.75 Å². The normalized spacial score (nSPS) is 10.7. The third-order valence-corrected chi connectivity index (χ3v) is 3.81. The van der Waals surface area contributed by atoms with Gasteiger partial charge in [-0.2, -0.15) is 0 Å². The van der Waals surface area contributed by atoms with Crippen LogP contribution in [0.15, 0.2) is 42.5 Å². The largest absolute Gasteiger partial charge is 0.493 e. The minimum Gasteiger partial charge on any atom is -0.493 e. The van der Waals surface area contributed by atoms with Crippen molar-refractivity contribution in [3.63, 3.8) is 0 Å². The number of nitrogens with one attached hydrogen (secondary N) is 1. The molecular formula is C18H19Cl2NO2. The summed E-state index contributed by atoms with van der Waals surface area (Å²) in [4.78, 5) is 12.5. The number of carbonyl (C=O) groups is 1. The summed E-state index contributed by atoms with van der Waals surface area (Å²) < 4.78 is 5.74. The van der Waals surface area contributed by atoms with Gasteiger partial charge in [0.05, 0.1) is 22.9 Å². The Morgan fingerprint density at radius 3 is 2.61 bits per heavy atom. The fourth-order valence-corrected chi connectivity index (χ4v) is 2.42. The van der Waals surface area contributed by atoms with Crippen molar-refractivity contribution in [1.29, 1.82) is 0 Å². The van der Waals surface area contributed by atoms with Gasteiger partial charge in [-0.25, -0.2) is 0 Å². The highest BCUT2D eigenvalue weighted by molar-refractivity contribution is 6.36. The molecule has 0 unspecified atom stereocenters. The lowest BCUT2D eigenvalue weighted by Crippen LogP contribution is -2.14. The van der Waals surface area contributed by atoms with Crippen molar-refractivity contribution >= 4 is 34.8 Å². The van der Waals surface area contributed by atoms with Gasteiger partial charge in [-0.1, -0.05) is 49.2 Å². The van der Waals surface area contributed by atoms with E-state index in [-0.39, 0.29) is 5.91 Å². The number of anilines is 1. The second kappa shape index (κ2) is 8.23. The molecule has 0 spiro atoms. The van der Waals surface area contributed by atoms with Crippen LogP contribution in [-0.4, -0.2) is 12.5 Å². The minimum absolute atomic E-state index is 0.269. The van der Waals surface area contributed by atoms with Crippen molar-refractivity contribution < 1.29 is 9.53 Å². The summed E-state index contributed by atoms with van der Waals surface area (Å²) in [7, 11) is 0. The van der Waals surface area contributed by atoms with E-state index in [4.69, 9.17) is 27.9 Å². The molecule has 0 saturated carbocycles. The van der Waals surface area contributed by atoms with Gasteiger partial charge in [-0.15, -0.1) is 0 Å². The Kier molecular flexibility index (Phi) is 6.31. The summed E-state index contributed by atoms with van der Waals surface area (Å²) in [6.07, 6.45) is 0.930. The molecule has 0 aromatic heterocycles. The van der Waals surface area contributed by atoms with Gasteiger partial charge in [0, 0.05) is 5.02 Å². The van der Waals surface area contributed by atoms with Crippen molar-refractivity contribution in [3.05, 3.63) is 58.1 Å². The van der Waals surface area contributed by atoms with E-state index in [0.717, 1.165) is 6.42 Å². The van der Waals surface area contributed by atoms with Gasteiger partial charge >= 0.3 is 0 Å². The van der Waals surface area contributed by atoms with E-state index < -0.39 is 0 Å². The van der Waals surface area contributed by atoms with Gasteiger partial charge in [0.15, 0.2) is 0 Å². The van der Waals surface area contributed by atoms with Crippen molar-refractivity contribution in [1.82, 2.24) is 0 Å². The highest BCUT2D eigenvalue weighted by atomic mass is 35.5. The van der Waals surface area contributed by atoms with Gasteiger partial charge in [0.25, 0.3) is 5.91 Å². The third-order valence-electron chi connectivity index (χ3n) is 3.26. The molecule has 2 aromatic rings. The third kappa shape index (κ3) is 5.15. The first kappa shape index (κ1) is 17.6. The van der Waals surface area contributed by atoms with Crippen molar-refractivity contribution in [2.45, 2.75) is 20.3 Å². The lowest BCUT2D eigenvalue weighted by molar-refractivity contribution is 0.102. The Labute approximate surface area is 146 Å². The lowest BCUT2D eigenvalue weighted by Gasteiger charge is -2.13. The van der Waals surface area contributed by atoms with Crippen molar-refractivity contribution in [2.75, 3.05) is 11.9 Å². The van der Waals surface area contributed by atoms with E-state index in [9.17, 15) is 4.79 Å². The number of amides is 1. The van der Waals surface area contributed by atoms with Gasteiger partial charge in [-0.3, -0.25) is 4.79 Å². The molecule has 2 aromatic carbocycles. The molecule has 1 N–H and O–H groups in total. The SMILES string of the molecule is CC(C)CCOc1ccccc1C(=O)Nc1ccc(Cl)cc1Cl. The molecule has 3 nitrogen and oxygen atoms in total. The maximum Gasteiger partial charge on any atom is 0.259 e. The van der Waals surface area contributed by atoms with E-state index in [1.165, 1.54) is 0 Å². The summed E-state index contributed by atoms with van der Waals surface area (Å²) >= 11 is 12.0. The first-order valence-electron chi connectivity index (χ1n) is 7.45. The van der Waals surface area contributed by atoms with Gasteiger partial charge in [0.1, 0.15) is 5.75 Å². The molecule has 122 valence electrons. The minimum atomic E-state index is -0.269. The standard InChI is InChI=1S/C18H19Cl2NO2/c1-12(2)9-10-23-17-6-4-3-5-14(17)18(22)21-16-8-7-13(19)11-15(16)20/h3-8,11-12H,9-10H2,1-2H3,(H,21,22). The number of ether oxygens (including phenoxy) is 1. The van der Waals surface area contributed by atoms with Crippen LogP contribution < -0.4 is 10.1 Å². The van der Waals surface area contributed by atoms with Crippen LogP contribution in [0.2, 0.25) is 10.0 Å². The zero-order chi connectivity index (χ0) is 16.8. The van der Waals surface area contributed by atoms with Crippen LogP contribution in [0.4, 0.5) is 5.69 Å². The Hall–Kier alpha value is -1.71. The first-order valence-corrected chi connectivity index (χ1v) is 8.21. The Balaban J connectivity index is 2.12. The summed E-state index contributed by atoms with van der Waals surface area (Å²) in [5, 5.41) is 3.70. The number of hydrogen-bond donors (Lipinski definition) is 1. The van der Waals surface area contributed by atoms with Gasteiger partial charge < -0.3 is 10.1 Å². The van der Waals surface area contributed by atoms with Gasteiger partial charge in [0.2, 0.25) is 0 Å². The number of hydrogen-bond acceptors (Lipinski definition) is 2. The molecule has 0 bridgehead atoms. The predicted molar refractivity (Wildman–Crippen MR) is 95.8 cm³/mol. The zero-order valence-electron chi connectivity index (χ0n) is 13.1. The van der Waals surface area contributed by atoms with Crippen molar-refractivity contribution in [2.24, 2.45) is 5.92 Å². The predicted octanol–water partition coefficient (Wildman–Crippen LogP) is 5.67. The number of para-hydroxylation sites is 1. The highest BCUT2D eigenvalue weighted by Crippen LogP contribution is 2.27. The average Bonchev–Trinajstić information content (AvgIpc) is 2.50. The summed E-state index contributed by atoms with van der Waals surface area (Å²) in [5.41, 5.74) is 0.986. The van der Waals surface area contributed by atoms with E-state index in [0.29, 0.717) is 39.6 Å². The number of benzene rings is 2. The molecule has 2 rings (SSSR count). The fourth-order valence-electron chi connectivity index (χ4n) is 1.97. The fraction of sp³-hybridized carbons (Fsp3) is 0.278. The monoisotopic (exact) mass is 351 g/mol. The van der Waals surface area contributed by atoms with Crippen LogP contribution in [0, 0.1) is 5.92 Å². The van der Waals surface area contributed by atoms with Crippen LogP contribution in [0.3, 0.4) is 0 Å². The van der Waals surface area contributed by atoms with Crippen LogP contribution in [0.25, 0.3) is 0 Å². The number of carbonyl (C=O) groups excluding carboxylic acids is 1. The van der Waals surface area contributed by atoms with E-state index in [2.05, 4.69) is 19.2 Å². The van der Waals surface area contributed by atoms with E-state index >= 15 is 0 Å². The number of halogens is 2. The molecule has 0 aliphatic heterocycles. The Bertz CT molecular complexity index is 686. The molecule has 0 aliphatic carbocycles. The second-order valence-corrected chi connectivity index (χ2v) is 6.45. The highest BCUT2D eigenvalue weighted by Gasteiger charge is 2.14. The van der Waals surface area contributed by atoms with Crippen LogP contribution in [-0.2, 0) is 0 Å². The molecular weight excluding hydrogens is 333 g/mol. The maximum atomic E-state index is 12.5. The number of rotatable bonds is 6. The average molecular weight is 352 g/mol. The Morgan fingerprint density at radius 2 is 1.91 bits per heavy atom. The van der Waals surface area contributed by atoms with Crippen LogP contribution in [0.1, 0.15) is 30.6 Å². The molecule has 23 heavy (non-hydrogen) atoms. The topological polar surface area (TPSA) is 38.3 Å². The quantitative estimate of drug-likeness (QED) is 0.727.